The van der Waals surface area contributed by atoms with E-state index in [4.69, 9.17) is 26.8 Å². The summed E-state index contributed by atoms with van der Waals surface area (Å²) in [5, 5.41) is 4.94. The summed E-state index contributed by atoms with van der Waals surface area (Å²) in [5.41, 5.74) is 1.06. The molecule has 2 aromatic rings. The molecule has 3 heterocycles. The number of piperazine rings is 1. The zero-order valence-electron chi connectivity index (χ0n) is 16.8. The Morgan fingerprint density at radius 3 is 2.61 bits per heavy atom. The molecule has 2 aliphatic rings. The minimum Gasteiger partial charge on any atom is -0.497 e. The van der Waals surface area contributed by atoms with E-state index in [-0.39, 0.29) is 6.10 Å². The molecule has 1 aromatic heterocycles. The van der Waals surface area contributed by atoms with Gasteiger partial charge in [-0.05, 0) is 49.3 Å². The van der Waals surface area contributed by atoms with Crippen LogP contribution < -0.4 is 14.5 Å². The lowest BCUT2D eigenvalue weighted by atomic mass is 10.2. The zero-order chi connectivity index (χ0) is 19.5. The van der Waals surface area contributed by atoms with Crippen molar-refractivity contribution in [1.82, 2.24) is 14.3 Å². The predicted octanol–water partition coefficient (Wildman–Crippen LogP) is -0.361. The van der Waals surface area contributed by atoms with E-state index in [1.165, 1.54) is 13.1 Å². The molecule has 0 bridgehead atoms. The van der Waals surface area contributed by atoms with Crippen molar-refractivity contribution in [3.8, 4) is 17.1 Å². The fourth-order valence-electron chi connectivity index (χ4n) is 4.05. The Morgan fingerprint density at radius 1 is 1.21 bits per heavy atom. The number of ether oxygens (including phenoxy) is 2. The monoisotopic (exact) mass is 405 g/mol. The molecule has 8 heteroatoms. The molecular weight excluding hydrogens is 374 g/mol. The molecule has 0 spiro atoms. The highest BCUT2D eigenvalue weighted by Crippen LogP contribution is 2.23. The lowest BCUT2D eigenvalue weighted by Gasteiger charge is -2.26. The molecule has 0 amide bonds. The Labute approximate surface area is 171 Å². The van der Waals surface area contributed by atoms with Crippen LogP contribution in [0.1, 0.15) is 12.8 Å². The van der Waals surface area contributed by atoms with Crippen LogP contribution in [-0.4, -0.2) is 67.4 Å². The summed E-state index contributed by atoms with van der Waals surface area (Å²) < 4.78 is 16.1. The Hall–Kier alpha value is -1.74. The van der Waals surface area contributed by atoms with Gasteiger partial charge < -0.3 is 19.3 Å². The SMILES string of the molecule is COc1ccc(-c2nn(C[NH+]3CC[NH+](C)CC3)c(=S)n2C[C@@H]2CCCO2)cc1. The van der Waals surface area contributed by atoms with E-state index < -0.39 is 0 Å². The number of quaternary nitrogens is 2. The van der Waals surface area contributed by atoms with Crippen LogP contribution >= 0.6 is 12.2 Å². The standard InChI is InChI=1S/C20H29N5O2S/c1-22-9-11-23(12-10-22)15-25-20(28)24(14-18-4-3-13-27-18)19(21-25)16-5-7-17(26-2)8-6-16/h5-8,18H,3-4,9-15H2,1-2H3/p+2/t18-/m0/s1. The van der Waals surface area contributed by atoms with Gasteiger partial charge in [0.05, 0.1) is 26.8 Å². The summed E-state index contributed by atoms with van der Waals surface area (Å²) in [7, 11) is 3.95. The van der Waals surface area contributed by atoms with Crippen LogP contribution in [0.25, 0.3) is 11.4 Å². The lowest BCUT2D eigenvalue weighted by Crippen LogP contribution is -3.26. The maximum absolute atomic E-state index is 5.88. The van der Waals surface area contributed by atoms with E-state index >= 15 is 0 Å². The van der Waals surface area contributed by atoms with Crippen LogP contribution in [0.15, 0.2) is 24.3 Å². The first kappa shape index (κ1) is 19.6. The average Bonchev–Trinajstić information content (AvgIpc) is 3.34. The molecule has 0 radical (unpaired) electrons. The van der Waals surface area contributed by atoms with E-state index in [9.17, 15) is 0 Å². The number of methoxy groups -OCH3 is 1. The normalized spacial score (nSPS) is 25.1. The van der Waals surface area contributed by atoms with Crippen LogP contribution in [0.5, 0.6) is 5.75 Å². The quantitative estimate of drug-likeness (QED) is 0.645. The second-order valence-corrected chi connectivity index (χ2v) is 8.31. The lowest BCUT2D eigenvalue weighted by molar-refractivity contribution is -1.02. The molecule has 0 aliphatic carbocycles. The van der Waals surface area contributed by atoms with Gasteiger partial charge in [0.15, 0.2) is 12.5 Å². The molecule has 2 N–H and O–H groups in total. The van der Waals surface area contributed by atoms with Crippen LogP contribution in [-0.2, 0) is 18.0 Å². The molecule has 2 aliphatic heterocycles. The average molecular weight is 406 g/mol. The van der Waals surface area contributed by atoms with Gasteiger partial charge in [-0.1, -0.05) is 0 Å². The maximum Gasteiger partial charge on any atom is 0.203 e. The molecule has 28 heavy (non-hydrogen) atoms. The van der Waals surface area contributed by atoms with Crippen molar-refractivity contribution < 1.29 is 19.3 Å². The first-order valence-corrected chi connectivity index (χ1v) is 10.6. The first-order chi connectivity index (χ1) is 13.6. The van der Waals surface area contributed by atoms with E-state index in [2.05, 4.69) is 23.7 Å². The predicted molar refractivity (Wildman–Crippen MR) is 109 cm³/mol. The molecule has 2 saturated heterocycles. The number of benzene rings is 1. The topological polar surface area (TPSA) is 50.1 Å². The second kappa shape index (κ2) is 8.73. The second-order valence-electron chi connectivity index (χ2n) is 7.95. The van der Waals surface area contributed by atoms with Crippen LogP contribution in [0.3, 0.4) is 0 Å². The van der Waals surface area contributed by atoms with Gasteiger partial charge in [-0.15, -0.1) is 5.10 Å². The van der Waals surface area contributed by atoms with Crippen molar-refractivity contribution in [2.75, 3.05) is 46.9 Å². The van der Waals surface area contributed by atoms with E-state index in [0.29, 0.717) is 0 Å². The number of nitrogens with one attached hydrogen (secondary N) is 2. The summed E-state index contributed by atoms with van der Waals surface area (Å²) in [5.74, 6) is 1.76. The number of nitrogens with zero attached hydrogens (tertiary/aromatic N) is 3. The third kappa shape index (κ3) is 4.30. The van der Waals surface area contributed by atoms with Crippen molar-refractivity contribution in [3.05, 3.63) is 29.0 Å². The molecule has 0 unspecified atom stereocenters. The summed E-state index contributed by atoms with van der Waals surface area (Å²) >= 11 is 5.85. The Balaban J connectivity index is 1.63. The van der Waals surface area contributed by atoms with Gasteiger partial charge >= 0.3 is 0 Å². The minimum absolute atomic E-state index is 0.223. The van der Waals surface area contributed by atoms with Crippen LogP contribution in [0.2, 0.25) is 0 Å². The molecule has 7 nitrogen and oxygen atoms in total. The Bertz CT molecular complexity index is 833. The molecule has 1 aromatic carbocycles. The highest BCUT2D eigenvalue weighted by molar-refractivity contribution is 7.71. The van der Waals surface area contributed by atoms with Crippen molar-refractivity contribution in [3.63, 3.8) is 0 Å². The van der Waals surface area contributed by atoms with Gasteiger partial charge in [-0.3, -0.25) is 4.57 Å². The van der Waals surface area contributed by atoms with Crippen LogP contribution in [0, 0.1) is 4.77 Å². The molecule has 2 fully saturated rings. The van der Waals surface area contributed by atoms with E-state index in [1.54, 1.807) is 16.9 Å². The minimum atomic E-state index is 0.223. The highest BCUT2D eigenvalue weighted by Gasteiger charge is 2.24. The summed E-state index contributed by atoms with van der Waals surface area (Å²) in [6.07, 6.45) is 2.43. The summed E-state index contributed by atoms with van der Waals surface area (Å²) in [4.78, 5) is 3.15. The largest absolute Gasteiger partial charge is 0.497 e. The van der Waals surface area contributed by atoms with Crippen molar-refractivity contribution >= 4 is 12.2 Å². The highest BCUT2D eigenvalue weighted by atomic mass is 32.1. The summed E-state index contributed by atoms with van der Waals surface area (Å²) in [6.45, 7) is 7.15. The number of likely N-dealkylation sites (N-methyl/N-ethyl adjacent to an activating group) is 1. The number of rotatable bonds is 6. The van der Waals surface area contributed by atoms with Gasteiger partial charge in [-0.25, -0.2) is 0 Å². The van der Waals surface area contributed by atoms with Gasteiger partial charge in [0.1, 0.15) is 31.9 Å². The molecule has 152 valence electrons. The van der Waals surface area contributed by atoms with Gasteiger partial charge in [0, 0.05) is 12.2 Å². The molecule has 4 rings (SSSR count). The Kier molecular flexibility index (Phi) is 6.10. The third-order valence-corrected chi connectivity index (χ3v) is 6.30. The van der Waals surface area contributed by atoms with Gasteiger partial charge in [-0.2, -0.15) is 4.68 Å². The molecule has 0 saturated carbocycles. The zero-order valence-corrected chi connectivity index (χ0v) is 17.6. The van der Waals surface area contributed by atoms with Crippen LogP contribution in [0.4, 0.5) is 0 Å². The fraction of sp³-hybridized carbons (Fsp3) is 0.600. The van der Waals surface area contributed by atoms with E-state index in [1.807, 2.05) is 16.8 Å². The van der Waals surface area contributed by atoms with Crippen molar-refractivity contribution in [1.29, 1.82) is 0 Å². The van der Waals surface area contributed by atoms with Gasteiger partial charge in [0.25, 0.3) is 0 Å². The fourth-order valence-corrected chi connectivity index (χ4v) is 4.32. The molecular formula is C20H31N5O2S+2. The van der Waals surface area contributed by atoms with Gasteiger partial charge in [0.2, 0.25) is 4.77 Å². The third-order valence-electron chi connectivity index (χ3n) is 5.87. The summed E-state index contributed by atoms with van der Waals surface area (Å²) in [6, 6.07) is 8.06. The van der Waals surface area contributed by atoms with Crippen molar-refractivity contribution in [2.45, 2.75) is 32.2 Å². The Morgan fingerprint density at radius 2 is 1.96 bits per heavy atom. The smallest absolute Gasteiger partial charge is 0.203 e. The first-order valence-electron chi connectivity index (χ1n) is 10.2. The number of hydrogen-bond donors (Lipinski definition) is 2. The van der Waals surface area contributed by atoms with E-state index in [0.717, 1.165) is 67.7 Å². The van der Waals surface area contributed by atoms with Crippen molar-refractivity contribution in [2.24, 2.45) is 0 Å². The number of aromatic nitrogens is 3. The number of hydrogen-bond acceptors (Lipinski definition) is 4. The maximum atomic E-state index is 5.88. The molecule has 1 atom stereocenters.